The van der Waals surface area contributed by atoms with E-state index in [9.17, 15) is 4.79 Å². The topological polar surface area (TPSA) is 46.3 Å². The maximum atomic E-state index is 10.4. The lowest BCUT2D eigenvalue weighted by atomic mass is 9.94. The molecular weight excluding hydrogens is 192 g/mol. The van der Waals surface area contributed by atoms with E-state index in [4.69, 9.17) is 4.42 Å². The molecule has 0 spiro atoms. The van der Waals surface area contributed by atoms with Gasteiger partial charge in [0.15, 0.2) is 17.9 Å². The molecule has 0 aliphatic carbocycles. The Bertz CT molecular complexity index is 327. The summed E-state index contributed by atoms with van der Waals surface area (Å²) in [4.78, 5) is 16.8. The highest BCUT2D eigenvalue weighted by atomic mass is 16.4. The fraction of sp³-hybridized carbons (Fsp3) is 0.636. The van der Waals surface area contributed by atoms with E-state index in [2.05, 4.69) is 16.9 Å². The number of likely N-dealkylation sites (tertiary alicyclic amines) is 1. The first-order chi connectivity index (χ1) is 7.28. The first kappa shape index (κ1) is 10.4. The van der Waals surface area contributed by atoms with Crippen molar-refractivity contribution in [3.8, 4) is 0 Å². The third-order valence-corrected chi connectivity index (χ3v) is 2.99. The average Bonchev–Trinajstić information content (AvgIpc) is 2.69. The Morgan fingerprint density at radius 2 is 2.33 bits per heavy atom. The van der Waals surface area contributed by atoms with Crippen LogP contribution in [0.3, 0.4) is 0 Å². The Hall–Kier alpha value is -1.16. The van der Waals surface area contributed by atoms with Gasteiger partial charge in [0.1, 0.15) is 0 Å². The lowest BCUT2D eigenvalue weighted by Gasteiger charge is -2.28. The number of hydrogen-bond acceptors (Lipinski definition) is 4. The maximum absolute atomic E-state index is 10.4. The van der Waals surface area contributed by atoms with Gasteiger partial charge in [0.2, 0.25) is 0 Å². The third kappa shape index (κ3) is 2.65. The number of hydrogen-bond donors (Lipinski definition) is 0. The van der Waals surface area contributed by atoms with Gasteiger partial charge in [-0.15, -0.1) is 0 Å². The summed E-state index contributed by atoms with van der Waals surface area (Å²) in [6.07, 6.45) is 5.44. The van der Waals surface area contributed by atoms with E-state index in [1.807, 2.05) is 0 Å². The normalized spacial score (nSPS) is 19.3. The standard InChI is InChI=1S/C11H16N2O2/c1-13-4-2-9(3-5-13)6-11-12-7-10(8-14)15-11/h7-9H,2-6H2,1H3. The van der Waals surface area contributed by atoms with Crippen molar-refractivity contribution in [3.63, 3.8) is 0 Å². The molecule has 0 N–H and O–H groups in total. The number of rotatable bonds is 3. The largest absolute Gasteiger partial charge is 0.438 e. The van der Waals surface area contributed by atoms with Gasteiger partial charge in [0.05, 0.1) is 6.20 Å². The molecule has 1 aromatic heterocycles. The molecule has 1 aliphatic heterocycles. The van der Waals surface area contributed by atoms with Crippen molar-refractivity contribution >= 4 is 6.29 Å². The number of carbonyl (C=O) groups is 1. The van der Waals surface area contributed by atoms with Gasteiger partial charge < -0.3 is 9.32 Å². The second-order valence-corrected chi connectivity index (χ2v) is 4.22. The molecule has 0 atom stereocenters. The van der Waals surface area contributed by atoms with Gasteiger partial charge in [0, 0.05) is 6.42 Å². The fourth-order valence-corrected chi connectivity index (χ4v) is 1.99. The SMILES string of the molecule is CN1CCC(Cc2ncc(C=O)o2)CC1. The van der Waals surface area contributed by atoms with Crippen LogP contribution in [0, 0.1) is 5.92 Å². The van der Waals surface area contributed by atoms with Gasteiger partial charge >= 0.3 is 0 Å². The number of oxazole rings is 1. The van der Waals surface area contributed by atoms with Crippen molar-refractivity contribution in [3.05, 3.63) is 17.8 Å². The Labute approximate surface area is 89.3 Å². The van der Waals surface area contributed by atoms with Gasteiger partial charge in [-0.25, -0.2) is 4.98 Å². The summed E-state index contributed by atoms with van der Waals surface area (Å²) >= 11 is 0. The molecule has 0 radical (unpaired) electrons. The first-order valence-electron chi connectivity index (χ1n) is 5.36. The van der Waals surface area contributed by atoms with Crippen LogP contribution < -0.4 is 0 Å². The Kier molecular flexibility index (Phi) is 3.16. The molecule has 0 unspecified atom stereocenters. The van der Waals surface area contributed by atoms with E-state index >= 15 is 0 Å². The van der Waals surface area contributed by atoms with Gasteiger partial charge in [0.25, 0.3) is 0 Å². The van der Waals surface area contributed by atoms with E-state index < -0.39 is 0 Å². The van der Waals surface area contributed by atoms with Crippen molar-refractivity contribution in [1.82, 2.24) is 9.88 Å². The molecule has 0 saturated carbocycles. The lowest BCUT2D eigenvalue weighted by Crippen LogP contribution is -2.30. The second-order valence-electron chi connectivity index (χ2n) is 4.22. The molecule has 15 heavy (non-hydrogen) atoms. The zero-order chi connectivity index (χ0) is 10.7. The second kappa shape index (κ2) is 4.57. The predicted octanol–water partition coefficient (Wildman–Crippen LogP) is 1.37. The average molecular weight is 208 g/mol. The number of nitrogens with zero attached hydrogens (tertiary/aromatic N) is 2. The van der Waals surface area contributed by atoms with Crippen LogP contribution >= 0.6 is 0 Å². The monoisotopic (exact) mass is 208 g/mol. The van der Waals surface area contributed by atoms with Crippen molar-refractivity contribution in [2.75, 3.05) is 20.1 Å². The van der Waals surface area contributed by atoms with E-state index in [1.165, 1.54) is 19.0 Å². The van der Waals surface area contributed by atoms with Gasteiger partial charge in [-0.05, 0) is 38.9 Å². The van der Waals surface area contributed by atoms with Crippen LogP contribution in [0.5, 0.6) is 0 Å². The van der Waals surface area contributed by atoms with Gasteiger partial charge in [-0.2, -0.15) is 0 Å². The predicted molar refractivity (Wildman–Crippen MR) is 55.8 cm³/mol. The van der Waals surface area contributed by atoms with E-state index in [1.54, 1.807) is 0 Å². The number of carbonyl (C=O) groups excluding carboxylic acids is 1. The molecule has 2 heterocycles. The summed E-state index contributed by atoms with van der Waals surface area (Å²) in [7, 11) is 2.14. The third-order valence-electron chi connectivity index (χ3n) is 2.99. The van der Waals surface area contributed by atoms with E-state index in [0.29, 0.717) is 23.9 Å². The molecule has 4 heteroatoms. The van der Waals surface area contributed by atoms with Crippen molar-refractivity contribution < 1.29 is 9.21 Å². The molecule has 4 nitrogen and oxygen atoms in total. The molecule has 1 aliphatic rings. The van der Waals surface area contributed by atoms with Crippen LogP contribution in [-0.4, -0.2) is 36.3 Å². The highest BCUT2D eigenvalue weighted by Gasteiger charge is 2.18. The highest BCUT2D eigenvalue weighted by Crippen LogP contribution is 2.20. The molecule has 82 valence electrons. The minimum atomic E-state index is 0.331. The number of aldehydes is 1. The summed E-state index contributed by atoms with van der Waals surface area (Å²) in [6, 6.07) is 0. The molecule has 0 bridgehead atoms. The number of piperidine rings is 1. The van der Waals surface area contributed by atoms with Crippen molar-refractivity contribution in [2.24, 2.45) is 5.92 Å². The van der Waals surface area contributed by atoms with Crippen LogP contribution in [0.25, 0.3) is 0 Å². The summed E-state index contributed by atoms with van der Waals surface area (Å²) in [5.74, 6) is 1.68. The zero-order valence-corrected chi connectivity index (χ0v) is 8.98. The first-order valence-corrected chi connectivity index (χ1v) is 5.36. The minimum Gasteiger partial charge on any atom is -0.438 e. The zero-order valence-electron chi connectivity index (χ0n) is 8.98. The van der Waals surface area contributed by atoms with Gasteiger partial charge in [-0.3, -0.25) is 4.79 Å². The lowest BCUT2D eigenvalue weighted by molar-refractivity contribution is 0.109. The summed E-state index contributed by atoms with van der Waals surface area (Å²) in [5.41, 5.74) is 0. The van der Waals surface area contributed by atoms with Crippen LogP contribution in [0.1, 0.15) is 29.3 Å². The molecular formula is C11H16N2O2. The molecule has 1 aromatic rings. The maximum Gasteiger partial charge on any atom is 0.195 e. The van der Waals surface area contributed by atoms with Crippen molar-refractivity contribution in [1.29, 1.82) is 0 Å². The highest BCUT2D eigenvalue weighted by molar-refractivity contribution is 5.69. The minimum absolute atomic E-state index is 0.331. The smallest absolute Gasteiger partial charge is 0.195 e. The van der Waals surface area contributed by atoms with E-state index in [0.717, 1.165) is 19.5 Å². The van der Waals surface area contributed by atoms with Gasteiger partial charge in [-0.1, -0.05) is 0 Å². The van der Waals surface area contributed by atoms with E-state index in [-0.39, 0.29) is 0 Å². The Morgan fingerprint density at radius 3 is 2.93 bits per heavy atom. The summed E-state index contributed by atoms with van der Waals surface area (Å²) in [5, 5.41) is 0. The van der Waals surface area contributed by atoms with Crippen LogP contribution in [-0.2, 0) is 6.42 Å². The summed E-state index contributed by atoms with van der Waals surface area (Å²) in [6.45, 7) is 2.29. The Morgan fingerprint density at radius 1 is 1.60 bits per heavy atom. The Balaban J connectivity index is 1.88. The summed E-state index contributed by atoms with van der Waals surface area (Å²) < 4.78 is 5.27. The fourth-order valence-electron chi connectivity index (χ4n) is 1.99. The molecule has 0 aromatic carbocycles. The number of aromatic nitrogens is 1. The molecule has 1 fully saturated rings. The molecule has 2 rings (SSSR count). The van der Waals surface area contributed by atoms with Crippen LogP contribution in [0.4, 0.5) is 0 Å². The molecule has 0 amide bonds. The quantitative estimate of drug-likeness (QED) is 0.704. The van der Waals surface area contributed by atoms with Crippen molar-refractivity contribution in [2.45, 2.75) is 19.3 Å². The molecule has 1 saturated heterocycles. The van der Waals surface area contributed by atoms with Crippen LogP contribution in [0.15, 0.2) is 10.6 Å². The van der Waals surface area contributed by atoms with Crippen LogP contribution in [0.2, 0.25) is 0 Å².